The van der Waals surface area contributed by atoms with Crippen LogP contribution in [0, 0.1) is 0 Å². The molecule has 4 aliphatic rings. The van der Waals surface area contributed by atoms with Crippen molar-refractivity contribution in [2.45, 2.75) is 30.9 Å². The molecule has 4 aliphatic heterocycles. The molecule has 0 bridgehead atoms. The van der Waals surface area contributed by atoms with Crippen LogP contribution in [0.4, 0.5) is 17.8 Å². The molecule has 1 amide bonds. The summed E-state index contributed by atoms with van der Waals surface area (Å²) >= 11 is 25.6. The van der Waals surface area contributed by atoms with E-state index < -0.39 is 11.6 Å². The average molecular weight is 1310 g/mol. The van der Waals surface area contributed by atoms with Gasteiger partial charge in [-0.25, -0.2) is 29.9 Å². The summed E-state index contributed by atoms with van der Waals surface area (Å²) in [5.41, 5.74) is 3.54. The molecule has 9 aromatic rings. The van der Waals surface area contributed by atoms with Gasteiger partial charge in [0.25, 0.3) is 0 Å². The van der Waals surface area contributed by atoms with Gasteiger partial charge in [-0.15, -0.1) is 46.4 Å². The number of halogens is 4. The van der Waals surface area contributed by atoms with Gasteiger partial charge in [0.15, 0.2) is 0 Å². The lowest BCUT2D eigenvalue weighted by atomic mass is 9.73. The Labute approximate surface area is 539 Å². The molecular formula is C62H70Cl4N16O2S3. The first-order valence-corrected chi connectivity index (χ1v) is 33.4. The molecular weight excluding hydrogens is 1240 g/mol. The molecule has 6 N–H and O–H groups in total. The minimum absolute atomic E-state index is 0. The van der Waals surface area contributed by atoms with Crippen molar-refractivity contribution in [1.29, 1.82) is 0 Å². The monoisotopic (exact) mass is 1310 g/mol. The van der Waals surface area contributed by atoms with Gasteiger partial charge in [0, 0.05) is 119 Å². The first-order chi connectivity index (χ1) is 42.2. The Hall–Kier alpha value is -5.47. The highest BCUT2D eigenvalue weighted by molar-refractivity contribution is 7.23. The SMILES string of the molecule is Cl.O=CN1CCOC(c2ccc3cc(-c4nc(NCCCN5CCNCC5)ncc4Cl)sc3c2)C1(c1ccc2cc(-c3nc(NCCCN4CCNCC4)ncc3Cl)sc2c1)c1ccc2cc(-c3nc(NCCCN4CCNCC4)ncc3Cl)sc2c1. The average Bonchev–Trinajstić information content (AvgIpc) is 1.70. The quantitative estimate of drug-likeness (QED) is 0.0277. The number of nitrogens with one attached hydrogen (secondary N) is 6. The van der Waals surface area contributed by atoms with E-state index in [1.807, 2.05) is 4.90 Å². The second-order valence-corrected chi connectivity index (χ2v) is 26.7. The number of nitrogens with zero attached hydrogens (tertiary/aromatic N) is 10. The van der Waals surface area contributed by atoms with Crippen molar-refractivity contribution in [2.24, 2.45) is 0 Å². The number of fused-ring (bicyclic) bond motifs is 3. The fourth-order valence-electron chi connectivity index (χ4n) is 12.3. The predicted octanol–water partition coefficient (Wildman–Crippen LogP) is 10.7. The maximum Gasteiger partial charge on any atom is 0.223 e. The highest BCUT2D eigenvalue weighted by atomic mass is 35.5. The Kier molecular flexibility index (Phi) is 20.3. The number of carbonyl (C=O) groups excluding carboxylic acids is 1. The molecule has 4 fully saturated rings. The van der Waals surface area contributed by atoms with Gasteiger partial charge < -0.3 is 56.2 Å². The first kappa shape index (κ1) is 61.8. The second kappa shape index (κ2) is 28.6. The number of piperazine rings is 3. The summed E-state index contributed by atoms with van der Waals surface area (Å²) in [4.78, 5) is 54.7. The summed E-state index contributed by atoms with van der Waals surface area (Å²) < 4.78 is 10.2. The number of ether oxygens (including phenoxy) is 1. The van der Waals surface area contributed by atoms with Gasteiger partial charge >= 0.3 is 0 Å². The third kappa shape index (κ3) is 13.8. The molecule has 0 spiro atoms. The molecule has 1 unspecified atom stereocenters. The van der Waals surface area contributed by atoms with Crippen molar-refractivity contribution >= 4 is 136 Å². The van der Waals surface area contributed by atoms with Crippen LogP contribution in [0.2, 0.25) is 15.1 Å². The van der Waals surface area contributed by atoms with Gasteiger partial charge in [0.1, 0.15) is 28.7 Å². The number of thiophene rings is 3. The Morgan fingerprint density at radius 1 is 0.529 bits per heavy atom. The Bertz CT molecular complexity index is 3680. The van der Waals surface area contributed by atoms with Gasteiger partial charge in [-0.2, -0.15) is 0 Å². The van der Waals surface area contributed by atoms with Gasteiger partial charge in [-0.1, -0.05) is 71.2 Å². The largest absolute Gasteiger partial charge is 0.368 e. The van der Waals surface area contributed by atoms with Crippen LogP contribution in [0.15, 0.2) is 91.4 Å². The van der Waals surface area contributed by atoms with Crippen LogP contribution in [-0.2, 0) is 15.1 Å². The molecule has 456 valence electrons. The maximum absolute atomic E-state index is 14.0. The summed E-state index contributed by atoms with van der Waals surface area (Å²) in [6, 6.07) is 25.9. The second-order valence-electron chi connectivity index (χ2n) is 22.2. The number of aromatic nitrogens is 6. The van der Waals surface area contributed by atoms with E-state index in [2.05, 4.69) is 134 Å². The Balaban J connectivity index is 0.00000739. The summed E-state index contributed by atoms with van der Waals surface area (Å²) in [6.07, 6.45) is 8.29. The number of rotatable bonds is 22. The number of morpholine rings is 1. The van der Waals surface area contributed by atoms with Crippen LogP contribution in [0.1, 0.15) is 42.1 Å². The number of carbonyl (C=O) groups is 1. The highest BCUT2D eigenvalue weighted by Gasteiger charge is 2.51. The molecule has 3 aromatic carbocycles. The van der Waals surface area contributed by atoms with Crippen LogP contribution in [0.3, 0.4) is 0 Å². The van der Waals surface area contributed by atoms with Gasteiger partial charge in [0.05, 0.1) is 54.9 Å². The lowest BCUT2D eigenvalue weighted by molar-refractivity contribution is -0.147. The summed E-state index contributed by atoms with van der Waals surface area (Å²) in [5.74, 6) is 1.63. The fourth-order valence-corrected chi connectivity index (χ4v) is 16.3. The smallest absolute Gasteiger partial charge is 0.223 e. The zero-order valence-corrected chi connectivity index (χ0v) is 53.7. The van der Waals surface area contributed by atoms with Crippen LogP contribution < -0.4 is 31.9 Å². The van der Waals surface area contributed by atoms with E-state index in [4.69, 9.17) is 54.5 Å². The van der Waals surface area contributed by atoms with Crippen LogP contribution in [-0.4, -0.2) is 187 Å². The molecule has 25 heteroatoms. The van der Waals surface area contributed by atoms with E-state index in [1.54, 1.807) is 52.6 Å². The molecule has 1 atom stereocenters. The number of hydrogen-bond donors (Lipinski definition) is 6. The van der Waals surface area contributed by atoms with Crippen molar-refractivity contribution in [2.75, 3.05) is 147 Å². The standard InChI is InChI=1S/C62H69Cl3N16O2S3.ClH/c63-46-36-72-59(69-10-1-19-78-22-13-66-14-23-78)75-55(46)52-30-40-4-5-43(33-49(40)84-52)58-62(81(39-82)28-29-83-58,44-8-6-41-31-53(85-50(41)34-44)56-47(64)37-73-60(76-56)70-11-2-20-79-24-15-67-16-25-79)45-9-7-42-32-54(86-51(42)35-45)57-48(65)38-74-61(77-57)71-12-3-21-80-26-17-68-18-27-80;/h4-9,30-39,58,66-68H,1-3,10-29H2,(H,69,72,75)(H,70,73,76)(H,71,74,77);1H. The minimum Gasteiger partial charge on any atom is -0.368 e. The van der Waals surface area contributed by atoms with Crippen molar-refractivity contribution in [3.8, 4) is 31.7 Å². The first-order valence-electron chi connectivity index (χ1n) is 29.8. The zero-order chi connectivity index (χ0) is 58.4. The van der Waals surface area contributed by atoms with E-state index in [-0.39, 0.29) is 12.4 Å². The molecule has 18 nitrogen and oxygen atoms in total. The fraction of sp³-hybridized carbons (Fsp3) is 0.403. The number of anilines is 3. The zero-order valence-electron chi connectivity index (χ0n) is 48.1. The number of benzene rings is 3. The molecule has 4 saturated heterocycles. The third-order valence-electron chi connectivity index (χ3n) is 16.7. The normalized spacial score (nSPS) is 17.9. The Morgan fingerprint density at radius 2 is 0.908 bits per heavy atom. The van der Waals surface area contributed by atoms with E-state index in [9.17, 15) is 4.79 Å². The molecule has 0 radical (unpaired) electrons. The molecule has 10 heterocycles. The van der Waals surface area contributed by atoms with Crippen molar-refractivity contribution < 1.29 is 9.53 Å². The molecule has 13 rings (SSSR count). The topological polar surface area (TPSA) is 189 Å². The van der Waals surface area contributed by atoms with E-state index in [0.717, 1.165) is 205 Å². The van der Waals surface area contributed by atoms with Gasteiger partial charge in [0.2, 0.25) is 24.3 Å². The van der Waals surface area contributed by atoms with Crippen molar-refractivity contribution in [3.05, 3.63) is 123 Å². The van der Waals surface area contributed by atoms with Crippen LogP contribution >= 0.6 is 81.2 Å². The molecule has 87 heavy (non-hydrogen) atoms. The van der Waals surface area contributed by atoms with Crippen LogP contribution in [0.5, 0.6) is 0 Å². The summed E-state index contributed by atoms with van der Waals surface area (Å²) in [6.45, 7) is 18.5. The summed E-state index contributed by atoms with van der Waals surface area (Å²) in [5, 5.41) is 25.1. The minimum atomic E-state index is -1.16. The molecule has 0 saturated carbocycles. The predicted molar refractivity (Wildman–Crippen MR) is 360 cm³/mol. The molecule has 6 aromatic heterocycles. The van der Waals surface area contributed by atoms with Crippen LogP contribution in [0.25, 0.3) is 62.0 Å². The van der Waals surface area contributed by atoms with Gasteiger partial charge in [-0.05, 0) is 108 Å². The number of hydrogen-bond acceptors (Lipinski definition) is 20. The maximum atomic E-state index is 14.0. The number of amides is 1. The van der Waals surface area contributed by atoms with Gasteiger partial charge in [-0.3, -0.25) is 4.79 Å². The van der Waals surface area contributed by atoms with Crippen molar-refractivity contribution in [3.63, 3.8) is 0 Å². The summed E-state index contributed by atoms with van der Waals surface area (Å²) in [7, 11) is 0. The lowest BCUT2D eigenvalue weighted by Crippen LogP contribution is -2.56. The van der Waals surface area contributed by atoms with Crippen molar-refractivity contribution in [1.82, 2.24) is 65.5 Å². The van der Waals surface area contributed by atoms with E-state index >= 15 is 0 Å². The lowest BCUT2D eigenvalue weighted by Gasteiger charge is -2.51. The van der Waals surface area contributed by atoms with E-state index in [0.29, 0.717) is 63.1 Å². The Morgan fingerprint density at radius 3 is 1.30 bits per heavy atom. The molecule has 0 aliphatic carbocycles. The third-order valence-corrected chi connectivity index (χ3v) is 20.9. The highest BCUT2D eigenvalue weighted by Crippen LogP contribution is 2.53. The van der Waals surface area contributed by atoms with E-state index in [1.165, 1.54) is 0 Å².